The lowest BCUT2D eigenvalue weighted by Crippen LogP contribution is -2.46. The molecule has 2 amide bonds. The molecule has 0 saturated heterocycles. The van der Waals surface area contributed by atoms with Crippen LogP contribution in [0.4, 0.5) is 11.4 Å². The molecular formula is C20H21N3O6. The minimum Gasteiger partial charge on any atom is -0.496 e. The molecule has 1 atom stereocenters. The first-order chi connectivity index (χ1) is 13.8. The van der Waals surface area contributed by atoms with Crippen LogP contribution in [0.3, 0.4) is 0 Å². The van der Waals surface area contributed by atoms with E-state index < -0.39 is 10.8 Å². The van der Waals surface area contributed by atoms with Gasteiger partial charge in [0.2, 0.25) is 5.91 Å². The molecule has 152 valence electrons. The number of nitro benzene ring substituents is 1. The Morgan fingerprint density at radius 3 is 2.76 bits per heavy atom. The van der Waals surface area contributed by atoms with Gasteiger partial charge >= 0.3 is 0 Å². The molecule has 0 radical (unpaired) electrons. The molecule has 1 unspecified atom stereocenters. The third kappa shape index (κ3) is 3.98. The van der Waals surface area contributed by atoms with Crippen LogP contribution in [-0.2, 0) is 9.59 Å². The van der Waals surface area contributed by atoms with Gasteiger partial charge in [-0.2, -0.15) is 0 Å². The van der Waals surface area contributed by atoms with Gasteiger partial charge in [-0.05, 0) is 19.1 Å². The predicted octanol–water partition coefficient (Wildman–Crippen LogP) is 2.55. The fourth-order valence-corrected chi connectivity index (χ4v) is 3.16. The number of para-hydroxylation sites is 1. The lowest BCUT2D eigenvalue weighted by Gasteiger charge is -2.32. The highest BCUT2D eigenvalue weighted by molar-refractivity contribution is 6.02. The number of carbonyl (C=O) groups excluding carboxylic acids is 2. The van der Waals surface area contributed by atoms with Gasteiger partial charge in [0.05, 0.1) is 23.8 Å². The quantitative estimate of drug-likeness (QED) is 0.546. The van der Waals surface area contributed by atoms with Gasteiger partial charge in [-0.3, -0.25) is 24.6 Å². The van der Waals surface area contributed by atoms with Gasteiger partial charge in [-0.1, -0.05) is 18.2 Å². The number of hydrogen-bond acceptors (Lipinski definition) is 6. The third-order valence-electron chi connectivity index (χ3n) is 4.95. The molecule has 1 aliphatic rings. The molecule has 0 spiro atoms. The van der Waals surface area contributed by atoms with Crippen molar-refractivity contribution >= 4 is 23.2 Å². The van der Waals surface area contributed by atoms with Crippen LogP contribution in [0.5, 0.6) is 11.5 Å². The van der Waals surface area contributed by atoms with Crippen LogP contribution < -0.4 is 14.4 Å². The zero-order valence-electron chi connectivity index (χ0n) is 16.3. The summed E-state index contributed by atoms with van der Waals surface area (Å²) in [7, 11) is 3.20. The summed E-state index contributed by atoms with van der Waals surface area (Å²) in [5.74, 6) is 0.215. The second-order valence-corrected chi connectivity index (χ2v) is 6.60. The van der Waals surface area contributed by atoms with E-state index in [0.29, 0.717) is 11.5 Å². The molecule has 1 aliphatic heterocycles. The van der Waals surface area contributed by atoms with E-state index in [0.717, 1.165) is 5.56 Å². The molecule has 3 rings (SSSR count). The van der Waals surface area contributed by atoms with Gasteiger partial charge in [0.1, 0.15) is 18.0 Å². The maximum Gasteiger partial charge on any atom is 0.271 e. The number of amides is 2. The summed E-state index contributed by atoms with van der Waals surface area (Å²) in [5.41, 5.74) is 0.854. The van der Waals surface area contributed by atoms with Crippen LogP contribution >= 0.6 is 0 Å². The first kappa shape index (κ1) is 20.1. The number of hydrogen-bond donors (Lipinski definition) is 0. The molecule has 2 aromatic carbocycles. The number of benzene rings is 2. The largest absolute Gasteiger partial charge is 0.496 e. The summed E-state index contributed by atoms with van der Waals surface area (Å²) in [6.45, 7) is 1.37. The van der Waals surface area contributed by atoms with E-state index in [1.807, 2.05) is 31.2 Å². The Morgan fingerprint density at radius 1 is 1.34 bits per heavy atom. The molecule has 0 bridgehead atoms. The van der Waals surface area contributed by atoms with Gasteiger partial charge in [0.15, 0.2) is 6.61 Å². The SMILES string of the molecule is COc1ccccc1C(C)N(C)C(=O)CN1C(=O)COc2ccc([N+](=O)[O-])cc21. The molecule has 0 aliphatic carbocycles. The minimum absolute atomic E-state index is 0.185. The molecule has 9 heteroatoms. The number of fused-ring (bicyclic) bond motifs is 1. The Labute approximate surface area is 167 Å². The summed E-state index contributed by atoms with van der Waals surface area (Å²) in [4.78, 5) is 38.6. The molecule has 0 N–H and O–H groups in total. The Hall–Kier alpha value is -3.62. The van der Waals surface area contributed by atoms with Crippen molar-refractivity contribution in [2.75, 3.05) is 32.2 Å². The Balaban J connectivity index is 1.84. The van der Waals surface area contributed by atoms with Gasteiger partial charge < -0.3 is 14.4 Å². The maximum absolute atomic E-state index is 12.9. The number of anilines is 1. The first-order valence-corrected chi connectivity index (χ1v) is 8.93. The van der Waals surface area contributed by atoms with Crippen molar-refractivity contribution in [3.63, 3.8) is 0 Å². The van der Waals surface area contributed by atoms with E-state index in [2.05, 4.69) is 0 Å². The topological polar surface area (TPSA) is 102 Å². The van der Waals surface area contributed by atoms with Crippen LogP contribution in [-0.4, -0.2) is 48.9 Å². The molecular weight excluding hydrogens is 378 g/mol. The molecule has 1 heterocycles. The van der Waals surface area contributed by atoms with E-state index >= 15 is 0 Å². The van der Waals surface area contributed by atoms with Crippen LogP contribution in [0.2, 0.25) is 0 Å². The maximum atomic E-state index is 12.9. The van der Waals surface area contributed by atoms with Gasteiger partial charge in [0, 0.05) is 24.7 Å². The average molecular weight is 399 g/mol. The summed E-state index contributed by atoms with van der Waals surface area (Å²) in [5, 5.41) is 11.1. The van der Waals surface area contributed by atoms with Crippen molar-refractivity contribution in [3.8, 4) is 11.5 Å². The van der Waals surface area contributed by atoms with Gasteiger partial charge in [-0.15, -0.1) is 0 Å². The van der Waals surface area contributed by atoms with Crippen molar-refractivity contribution in [1.29, 1.82) is 0 Å². The second kappa shape index (κ2) is 8.17. The standard InChI is InChI=1S/C20H21N3O6/c1-13(15-6-4-5-7-17(15)28-3)21(2)19(24)11-22-16-10-14(23(26)27)8-9-18(16)29-12-20(22)25/h4-10,13H,11-12H2,1-3H3. The highest BCUT2D eigenvalue weighted by atomic mass is 16.6. The van der Waals surface area contributed by atoms with E-state index in [4.69, 9.17) is 9.47 Å². The fraction of sp³-hybridized carbons (Fsp3) is 0.300. The number of nitro groups is 1. The van der Waals surface area contributed by atoms with Crippen LogP contribution in [0.25, 0.3) is 0 Å². The predicted molar refractivity (Wildman–Crippen MR) is 105 cm³/mol. The van der Waals surface area contributed by atoms with Crippen molar-refractivity contribution in [3.05, 3.63) is 58.1 Å². The van der Waals surface area contributed by atoms with E-state index in [9.17, 15) is 19.7 Å². The fourth-order valence-electron chi connectivity index (χ4n) is 3.16. The highest BCUT2D eigenvalue weighted by Gasteiger charge is 2.31. The molecule has 9 nitrogen and oxygen atoms in total. The third-order valence-corrected chi connectivity index (χ3v) is 4.95. The second-order valence-electron chi connectivity index (χ2n) is 6.60. The minimum atomic E-state index is -0.560. The number of ether oxygens (including phenoxy) is 2. The monoisotopic (exact) mass is 399 g/mol. The highest BCUT2D eigenvalue weighted by Crippen LogP contribution is 2.35. The number of nitrogens with zero attached hydrogens (tertiary/aromatic N) is 3. The number of carbonyl (C=O) groups is 2. The van der Waals surface area contributed by atoms with E-state index in [-0.39, 0.29) is 36.5 Å². The summed E-state index contributed by atoms with van der Waals surface area (Å²) in [6, 6.07) is 11.0. The van der Waals surface area contributed by atoms with E-state index in [1.165, 1.54) is 28.0 Å². The molecule has 0 fully saturated rings. The Morgan fingerprint density at radius 2 is 2.07 bits per heavy atom. The summed E-state index contributed by atoms with van der Waals surface area (Å²) >= 11 is 0. The molecule has 0 saturated carbocycles. The Kier molecular flexibility index (Phi) is 5.67. The lowest BCUT2D eigenvalue weighted by molar-refractivity contribution is -0.384. The van der Waals surface area contributed by atoms with Crippen LogP contribution in [0, 0.1) is 10.1 Å². The number of rotatable bonds is 6. The number of methoxy groups -OCH3 is 1. The van der Waals surface area contributed by atoms with Crippen molar-refractivity contribution < 1.29 is 24.0 Å². The van der Waals surface area contributed by atoms with Gasteiger partial charge in [-0.25, -0.2) is 0 Å². The van der Waals surface area contributed by atoms with Crippen molar-refractivity contribution in [2.24, 2.45) is 0 Å². The smallest absolute Gasteiger partial charge is 0.271 e. The molecule has 0 aromatic heterocycles. The van der Waals surface area contributed by atoms with Crippen LogP contribution in [0.15, 0.2) is 42.5 Å². The number of non-ortho nitro benzene ring substituents is 1. The summed E-state index contributed by atoms with van der Waals surface area (Å²) < 4.78 is 10.7. The van der Waals surface area contributed by atoms with Crippen molar-refractivity contribution in [1.82, 2.24) is 4.90 Å². The lowest BCUT2D eigenvalue weighted by atomic mass is 10.1. The van der Waals surface area contributed by atoms with Crippen LogP contribution in [0.1, 0.15) is 18.5 Å². The zero-order valence-corrected chi connectivity index (χ0v) is 16.3. The molecule has 29 heavy (non-hydrogen) atoms. The Bertz CT molecular complexity index is 961. The van der Waals surface area contributed by atoms with E-state index in [1.54, 1.807) is 14.2 Å². The summed E-state index contributed by atoms with van der Waals surface area (Å²) in [6.07, 6.45) is 0. The number of likely N-dealkylation sites (N-methyl/N-ethyl adjacent to an activating group) is 1. The van der Waals surface area contributed by atoms with Crippen molar-refractivity contribution in [2.45, 2.75) is 13.0 Å². The first-order valence-electron chi connectivity index (χ1n) is 8.93. The zero-order chi connectivity index (χ0) is 21.1. The normalized spacial score (nSPS) is 13.9. The molecule has 2 aromatic rings. The van der Waals surface area contributed by atoms with Gasteiger partial charge in [0.25, 0.3) is 11.6 Å². The average Bonchev–Trinajstić information content (AvgIpc) is 2.74.